The van der Waals surface area contributed by atoms with Crippen LogP contribution in [0, 0.1) is 0 Å². The van der Waals surface area contributed by atoms with E-state index in [2.05, 4.69) is 62.3 Å². The Balaban J connectivity index is 0.000000982. The Morgan fingerprint density at radius 1 is 1.32 bits per heavy atom. The predicted molar refractivity (Wildman–Crippen MR) is 86.0 cm³/mol. The van der Waals surface area contributed by atoms with Gasteiger partial charge in [0.1, 0.15) is 0 Å². The Labute approximate surface area is 120 Å². The summed E-state index contributed by atoms with van der Waals surface area (Å²) in [4.78, 5) is 9.90. The van der Waals surface area contributed by atoms with Crippen molar-refractivity contribution in [3.63, 3.8) is 0 Å². The van der Waals surface area contributed by atoms with E-state index in [0.29, 0.717) is 5.92 Å². The highest BCUT2D eigenvalue weighted by Crippen LogP contribution is 2.28. The zero-order valence-electron chi connectivity index (χ0n) is 12.4. The number of nitrogens with two attached hydrogens (primary N) is 1. The zero-order valence-corrected chi connectivity index (χ0v) is 13.2. The maximum atomic E-state index is 8.58. The number of benzene rings is 1. The normalized spacial score (nSPS) is 11.3. The highest BCUT2D eigenvalue weighted by molar-refractivity contribution is 8.07. The summed E-state index contributed by atoms with van der Waals surface area (Å²) in [5.74, 6) is 0.598. The van der Waals surface area contributed by atoms with Crippen LogP contribution in [-0.2, 0) is 4.79 Å². The molecule has 1 amide bonds. The Bertz CT molecular complexity index is 411. The van der Waals surface area contributed by atoms with Crippen LogP contribution in [0.1, 0.15) is 37.8 Å². The Morgan fingerprint density at radius 2 is 1.79 bits per heavy atom. The maximum absolute atomic E-state index is 8.58. The Kier molecular flexibility index (Phi) is 8.79. The van der Waals surface area contributed by atoms with Crippen LogP contribution >= 0.6 is 11.8 Å². The second-order valence-corrected chi connectivity index (χ2v) is 5.14. The molecule has 0 bridgehead atoms. The van der Waals surface area contributed by atoms with Gasteiger partial charge in [-0.05, 0) is 30.2 Å². The molecule has 0 spiro atoms. The average molecular weight is 280 g/mol. The number of carbonyl (C=O) groups excluding carboxylic acids is 1. The van der Waals surface area contributed by atoms with Crippen LogP contribution in [0.2, 0.25) is 0 Å². The summed E-state index contributed by atoms with van der Waals surface area (Å²) < 4.78 is 0. The van der Waals surface area contributed by atoms with Gasteiger partial charge in [-0.3, -0.25) is 4.79 Å². The number of amides is 1. The van der Waals surface area contributed by atoms with Gasteiger partial charge in [0.25, 0.3) is 0 Å². The van der Waals surface area contributed by atoms with Crippen LogP contribution in [0.4, 0.5) is 0 Å². The molecule has 1 aromatic rings. The lowest BCUT2D eigenvalue weighted by atomic mass is 10.0. The first-order valence-corrected chi connectivity index (χ1v) is 7.42. The fraction of sp³-hybridized carbons (Fsp3) is 0.400. The van der Waals surface area contributed by atoms with E-state index in [-0.39, 0.29) is 6.41 Å². The molecular formula is C15H24N2OS. The van der Waals surface area contributed by atoms with Crippen molar-refractivity contribution >= 4 is 23.1 Å². The molecule has 0 saturated carbocycles. The van der Waals surface area contributed by atoms with Gasteiger partial charge in [-0.15, -0.1) is 11.8 Å². The van der Waals surface area contributed by atoms with Crippen molar-refractivity contribution in [3.8, 4) is 0 Å². The SMILES string of the molecule is CN/C(C)=C(\SC)c1ccc(C(C)C)cc1.NC=O. The van der Waals surface area contributed by atoms with Crippen LogP contribution in [0.25, 0.3) is 4.91 Å². The lowest BCUT2D eigenvalue weighted by Gasteiger charge is -2.11. The molecule has 0 aliphatic heterocycles. The molecule has 0 aliphatic rings. The van der Waals surface area contributed by atoms with Gasteiger partial charge in [-0.2, -0.15) is 0 Å². The van der Waals surface area contributed by atoms with Gasteiger partial charge in [0.15, 0.2) is 0 Å². The monoisotopic (exact) mass is 280 g/mol. The zero-order chi connectivity index (χ0) is 14.8. The molecule has 1 rings (SSSR count). The second kappa shape index (κ2) is 9.50. The van der Waals surface area contributed by atoms with E-state index in [1.54, 1.807) is 11.8 Å². The van der Waals surface area contributed by atoms with Crippen molar-refractivity contribution in [1.82, 2.24) is 5.32 Å². The largest absolute Gasteiger partial charge is 0.391 e. The summed E-state index contributed by atoms with van der Waals surface area (Å²) in [6.07, 6.45) is 2.37. The van der Waals surface area contributed by atoms with Crippen molar-refractivity contribution in [2.45, 2.75) is 26.7 Å². The number of thioether (sulfide) groups is 1. The number of nitrogens with one attached hydrogen (secondary N) is 1. The molecule has 0 atom stereocenters. The van der Waals surface area contributed by atoms with Crippen molar-refractivity contribution in [3.05, 3.63) is 41.1 Å². The number of primary amides is 1. The molecule has 0 unspecified atom stereocenters. The third-order valence-corrected chi connectivity index (χ3v) is 3.71. The molecular weight excluding hydrogens is 256 g/mol. The highest BCUT2D eigenvalue weighted by Gasteiger charge is 2.05. The first-order chi connectivity index (χ1) is 9.01. The molecule has 0 saturated heterocycles. The minimum atomic E-state index is 0.250. The first-order valence-electron chi connectivity index (χ1n) is 6.20. The third kappa shape index (κ3) is 5.83. The molecule has 3 N–H and O–H groups in total. The van der Waals surface area contributed by atoms with Gasteiger partial charge in [0.2, 0.25) is 6.41 Å². The van der Waals surface area contributed by atoms with Crippen LogP contribution in [0.5, 0.6) is 0 Å². The first kappa shape index (κ1) is 17.6. The quantitative estimate of drug-likeness (QED) is 0.833. The van der Waals surface area contributed by atoms with Crippen LogP contribution in [0.3, 0.4) is 0 Å². The molecule has 1 aromatic carbocycles. The van der Waals surface area contributed by atoms with E-state index in [1.807, 2.05) is 7.05 Å². The fourth-order valence-electron chi connectivity index (χ4n) is 1.62. The van der Waals surface area contributed by atoms with Gasteiger partial charge < -0.3 is 11.1 Å². The van der Waals surface area contributed by atoms with E-state index in [0.717, 1.165) is 0 Å². The Hall–Kier alpha value is -1.42. The lowest BCUT2D eigenvalue weighted by Crippen LogP contribution is -2.04. The minimum Gasteiger partial charge on any atom is -0.391 e. The van der Waals surface area contributed by atoms with E-state index in [4.69, 9.17) is 4.79 Å². The van der Waals surface area contributed by atoms with Gasteiger partial charge >= 0.3 is 0 Å². The maximum Gasteiger partial charge on any atom is 0.204 e. The summed E-state index contributed by atoms with van der Waals surface area (Å²) in [6, 6.07) is 8.86. The minimum absolute atomic E-state index is 0.250. The summed E-state index contributed by atoms with van der Waals surface area (Å²) in [5, 5.41) is 3.21. The van der Waals surface area contributed by atoms with E-state index in [1.165, 1.54) is 21.7 Å². The van der Waals surface area contributed by atoms with E-state index >= 15 is 0 Å². The topological polar surface area (TPSA) is 55.1 Å². The fourth-order valence-corrected chi connectivity index (χ4v) is 2.40. The third-order valence-electron chi connectivity index (χ3n) is 2.76. The van der Waals surface area contributed by atoms with E-state index in [9.17, 15) is 0 Å². The van der Waals surface area contributed by atoms with E-state index < -0.39 is 0 Å². The predicted octanol–water partition coefficient (Wildman–Crippen LogP) is 3.18. The average Bonchev–Trinajstić information content (AvgIpc) is 2.40. The summed E-state index contributed by atoms with van der Waals surface area (Å²) in [6.45, 7) is 6.56. The van der Waals surface area contributed by atoms with Crippen molar-refractivity contribution < 1.29 is 4.79 Å². The number of hydrogen-bond acceptors (Lipinski definition) is 3. The number of rotatable bonds is 4. The smallest absolute Gasteiger partial charge is 0.204 e. The van der Waals surface area contributed by atoms with Crippen LogP contribution < -0.4 is 11.1 Å². The van der Waals surface area contributed by atoms with Gasteiger partial charge in [-0.25, -0.2) is 0 Å². The molecule has 0 fully saturated rings. The molecule has 3 nitrogen and oxygen atoms in total. The molecule has 19 heavy (non-hydrogen) atoms. The van der Waals surface area contributed by atoms with Gasteiger partial charge in [0, 0.05) is 17.6 Å². The van der Waals surface area contributed by atoms with Crippen LogP contribution in [-0.4, -0.2) is 19.7 Å². The van der Waals surface area contributed by atoms with Crippen molar-refractivity contribution in [2.75, 3.05) is 13.3 Å². The van der Waals surface area contributed by atoms with Gasteiger partial charge in [0.05, 0.1) is 0 Å². The van der Waals surface area contributed by atoms with Gasteiger partial charge in [-0.1, -0.05) is 38.1 Å². The summed E-state index contributed by atoms with van der Waals surface area (Å²) in [5.41, 5.74) is 8.08. The second-order valence-electron chi connectivity index (χ2n) is 4.32. The van der Waals surface area contributed by atoms with Crippen molar-refractivity contribution in [2.24, 2.45) is 5.73 Å². The van der Waals surface area contributed by atoms with Crippen molar-refractivity contribution in [1.29, 1.82) is 0 Å². The molecule has 0 aromatic heterocycles. The molecule has 106 valence electrons. The lowest BCUT2D eigenvalue weighted by molar-refractivity contribution is -0.106. The highest BCUT2D eigenvalue weighted by atomic mass is 32.2. The molecule has 0 heterocycles. The number of carbonyl (C=O) groups is 1. The number of allylic oxidation sites excluding steroid dienone is 1. The van der Waals surface area contributed by atoms with Crippen LogP contribution in [0.15, 0.2) is 30.0 Å². The Morgan fingerprint density at radius 3 is 2.11 bits per heavy atom. The molecule has 0 aliphatic carbocycles. The standard InChI is InChI=1S/C14H21NS.CH3NO/c1-10(2)12-6-8-13(9-7-12)14(16-5)11(3)15-4;2-1-3/h6-10,15H,1-5H3;1H,(H2,2,3)/b14-11-;. The number of hydrogen-bond donors (Lipinski definition) is 2. The summed E-state index contributed by atoms with van der Waals surface area (Å²) >= 11 is 1.79. The molecule has 0 radical (unpaired) electrons. The molecule has 4 heteroatoms. The summed E-state index contributed by atoms with van der Waals surface area (Å²) in [7, 11) is 1.97.